The number of hydrogen-bond acceptors (Lipinski definition) is 0. The number of halogens is 2. The number of rotatable bonds is 2. The van der Waals surface area contributed by atoms with Gasteiger partial charge in [0.25, 0.3) is 0 Å². The van der Waals surface area contributed by atoms with Crippen LogP contribution in [0.15, 0.2) is 30.3 Å². The minimum atomic E-state index is -0.152. The van der Waals surface area contributed by atoms with E-state index in [0.717, 1.165) is 11.1 Å². The Morgan fingerprint density at radius 2 is 1.47 bits per heavy atom. The SMILES string of the molecule is Cc1cc(C)c(C(Br)c2ccc(C)cc2F)c(C)c1. The van der Waals surface area contributed by atoms with E-state index in [9.17, 15) is 4.39 Å². The van der Waals surface area contributed by atoms with Crippen LogP contribution >= 0.6 is 15.9 Å². The summed E-state index contributed by atoms with van der Waals surface area (Å²) in [4.78, 5) is -0.103. The van der Waals surface area contributed by atoms with Crippen LogP contribution in [0.3, 0.4) is 0 Å². The van der Waals surface area contributed by atoms with Gasteiger partial charge in [-0.25, -0.2) is 4.39 Å². The Bertz CT molecular complexity index is 594. The average molecular weight is 321 g/mol. The maximum absolute atomic E-state index is 14.1. The summed E-state index contributed by atoms with van der Waals surface area (Å²) in [7, 11) is 0. The van der Waals surface area contributed by atoms with Crippen molar-refractivity contribution in [3.63, 3.8) is 0 Å². The molecular weight excluding hydrogens is 303 g/mol. The van der Waals surface area contributed by atoms with Crippen molar-refractivity contribution < 1.29 is 4.39 Å². The molecule has 0 aliphatic carbocycles. The smallest absolute Gasteiger partial charge is 0.128 e. The van der Waals surface area contributed by atoms with Crippen LogP contribution in [-0.2, 0) is 0 Å². The van der Waals surface area contributed by atoms with Crippen LogP contribution in [0, 0.1) is 33.5 Å². The molecule has 2 aromatic carbocycles. The highest BCUT2D eigenvalue weighted by Crippen LogP contribution is 2.36. The fraction of sp³-hybridized carbons (Fsp3) is 0.294. The Morgan fingerprint density at radius 3 is 2.00 bits per heavy atom. The molecule has 1 atom stereocenters. The highest BCUT2D eigenvalue weighted by molar-refractivity contribution is 9.09. The van der Waals surface area contributed by atoms with Gasteiger partial charge in [-0.2, -0.15) is 0 Å². The lowest BCUT2D eigenvalue weighted by atomic mass is 9.93. The van der Waals surface area contributed by atoms with Crippen LogP contribution in [0.25, 0.3) is 0 Å². The van der Waals surface area contributed by atoms with E-state index in [-0.39, 0.29) is 10.6 Å². The van der Waals surface area contributed by atoms with Gasteiger partial charge in [0.15, 0.2) is 0 Å². The summed E-state index contributed by atoms with van der Waals surface area (Å²) in [5, 5.41) is 0. The van der Waals surface area contributed by atoms with Crippen molar-refractivity contribution in [1.29, 1.82) is 0 Å². The molecule has 0 spiro atoms. The molecule has 2 rings (SSSR count). The Labute approximate surface area is 122 Å². The van der Waals surface area contributed by atoms with E-state index in [0.29, 0.717) is 5.56 Å². The first-order chi connectivity index (χ1) is 8.90. The molecule has 100 valence electrons. The summed E-state index contributed by atoms with van der Waals surface area (Å²) in [5.41, 5.74) is 6.42. The van der Waals surface area contributed by atoms with Gasteiger partial charge in [0.05, 0.1) is 4.83 Å². The zero-order valence-corrected chi connectivity index (χ0v) is 13.3. The van der Waals surface area contributed by atoms with E-state index in [1.165, 1.54) is 16.7 Å². The maximum Gasteiger partial charge on any atom is 0.128 e. The fourth-order valence-corrected chi connectivity index (χ4v) is 3.68. The molecular formula is C17H18BrF. The molecule has 0 heterocycles. The molecule has 1 unspecified atom stereocenters. The first kappa shape index (κ1) is 14.3. The van der Waals surface area contributed by atoms with E-state index in [1.807, 2.05) is 19.1 Å². The standard InChI is InChI=1S/C17H18BrF/c1-10-5-6-14(15(19)9-10)17(18)16-12(3)7-11(2)8-13(16)4/h5-9,17H,1-4H3. The molecule has 0 saturated heterocycles. The highest BCUT2D eigenvalue weighted by Gasteiger charge is 2.18. The minimum absolute atomic E-state index is 0.103. The average Bonchev–Trinajstić information content (AvgIpc) is 2.26. The second-order valence-electron chi connectivity index (χ2n) is 5.20. The van der Waals surface area contributed by atoms with Gasteiger partial charge in [-0.1, -0.05) is 45.8 Å². The van der Waals surface area contributed by atoms with E-state index in [2.05, 4.69) is 48.8 Å². The van der Waals surface area contributed by atoms with E-state index in [1.54, 1.807) is 6.07 Å². The van der Waals surface area contributed by atoms with Crippen LogP contribution < -0.4 is 0 Å². The second-order valence-corrected chi connectivity index (χ2v) is 6.12. The molecule has 0 aliphatic rings. The summed E-state index contributed by atoms with van der Waals surface area (Å²) in [6.45, 7) is 8.14. The monoisotopic (exact) mass is 320 g/mol. The summed E-state index contributed by atoms with van der Waals surface area (Å²) in [5.74, 6) is -0.152. The predicted molar refractivity (Wildman–Crippen MR) is 82.6 cm³/mol. The molecule has 0 radical (unpaired) electrons. The number of alkyl halides is 1. The lowest BCUT2D eigenvalue weighted by Crippen LogP contribution is -2.02. The molecule has 2 heteroatoms. The van der Waals surface area contributed by atoms with Crippen LogP contribution in [-0.4, -0.2) is 0 Å². The fourth-order valence-electron chi connectivity index (χ4n) is 2.58. The largest absolute Gasteiger partial charge is 0.207 e. The van der Waals surface area contributed by atoms with E-state index < -0.39 is 0 Å². The minimum Gasteiger partial charge on any atom is -0.207 e. The van der Waals surface area contributed by atoms with Crippen molar-refractivity contribution in [2.45, 2.75) is 32.5 Å². The quantitative estimate of drug-likeness (QED) is 0.637. The molecule has 0 saturated carbocycles. The van der Waals surface area contributed by atoms with Crippen LogP contribution in [0.2, 0.25) is 0 Å². The van der Waals surface area contributed by atoms with Crippen molar-refractivity contribution >= 4 is 15.9 Å². The van der Waals surface area contributed by atoms with Gasteiger partial charge in [-0.15, -0.1) is 0 Å². The summed E-state index contributed by atoms with van der Waals surface area (Å²) >= 11 is 3.66. The maximum atomic E-state index is 14.1. The van der Waals surface area contributed by atoms with Crippen molar-refractivity contribution in [1.82, 2.24) is 0 Å². The third-order valence-corrected chi connectivity index (χ3v) is 4.37. The molecule has 0 aliphatic heterocycles. The lowest BCUT2D eigenvalue weighted by Gasteiger charge is -2.18. The highest BCUT2D eigenvalue weighted by atomic mass is 79.9. The lowest BCUT2D eigenvalue weighted by molar-refractivity contribution is 0.612. The Kier molecular flexibility index (Phi) is 4.10. The summed E-state index contributed by atoms with van der Waals surface area (Å²) < 4.78 is 14.1. The van der Waals surface area contributed by atoms with Gasteiger partial charge in [0.1, 0.15) is 5.82 Å². The number of aryl methyl sites for hydroxylation is 4. The topological polar surface area (TPSA) is 0 Å². The Morgan fingerprint density at radius 1 is 0.895 bits per heavy atom. The molecule has 0 bridgehead atoms. The summed E-state index contributed by atoms with van der Waals surface area (Å²) in [6, 6.07) is 9.68. The van der Waals surface area contributed by atoms with Gasteiger partial charge < -0.3 is 0 Å². The first-order valence-corrected chi connectivity index (χ1v) is 7.29. The zero-order chi connectivity index (χ0) is 14.2. The number of benzene rings is 2. The molecule has 2 aromatic rings. The third-order valence-electron chi connectivity index (χ3n) is 3.42. The number of hydrogen-bond donors (Lipinski definition) is 0. The predicted octanol–water partition coefficient (Wildman–Crippen LogP) is 5.54. The Hall–Kier alpha value is -1.15. The first-order valence-electron chi connectivity index (χ1n) is 6.38. The van der Waals surface area contributed by atoms with Crippen LogP contribution in [0.1, 0.15) is 38.2 Å². The normalized spacial score (nSPS) is 12.5. The molecule has 0 nitrogen and oxygen atoms in total. The van der Waals surface area contributed by atoms with Crippen molar-refractivity contribution in [3.05, 3.63) is 69.5 Å². The van der Waals surface area contributed by atoms with Gasteiger partial charge >= 0.3 is 0 Å². The van der Waals surface area contributed by atoms with Gasteiger partial charge in [-0.05, 0) is 56.0 Å². The van der Waals surface area contributed by atoms with Gasteiger partial charge in [0, 0.05) is 5.56 Å². The van der Waals surface area contributed by atoms with Gasteiger partial charge in [0.2, 0.25) is 0 Å². The zero-order valence-electron chi connectivity index (χ0n) is 11.7. The second kappa shape index (κ2) is 5.46. The molecule has 0 amide bonds. The van der Waals surface area contributed by atoms with Crippen molar-refractivity contribution in [3.8, 4) is 0 Å². The van der Waals surface area contributed by atoms with Crippen molar-refractivity contribution in [2.24, 2.45) is 0 Å². The Balaban J connectivity index is 2.53. The van der Waals surface area contributed by atoms with E-state index in [4.69, 9.17) is 0 Å². The third kappa shape index (κ3) is 2.89. The van der Waals surface area contributed by atoms with Gasteiger partial charge in [-0.3, -0.25) is 0 Å². The van der Waals surface area contributed by atoms with Crippen LogP contribution in [0.5, 0.6) is 0 Å². The molecule has 0 N–H and O–H groups in total. The molecule has 19 heavy (non-hydrogen) atoms. The van der Waals surface area contributed by atoms with Crippen LogP contribution in [0.4, 0.5) is 4.39 Å². The van der Waals surface area contributed by atoms with Crippen molar-refractivity contribution in [2.75, 3.05) is 0 Å². The molecule has 0 aromatic heterocycles. The molecule has 0 fully saturated rings. The van der Waals surface area contributed by atoms with E-state index >= 15 is 0 Å². The summed E-state index contributed by atoms with van der Waals surface area (Å²) in [6.07, 6.45) is 0.